The number of hydrogen-bond donors (Lipinski definition) is 0. The van der Waals surface area contributed by atoms with Gasteiger partial charge in [-0.2, -0.15) is 0 Å². The van der Waals surface area contributed by atoms with Crippen molar-refractivity contribution in [2.24, 2.45) is 11.3 Å². The molecule has 1 rings (SSSR count). The van der Waals surface area contributed by atoms with Gasteiger partial charge in [-0.15, -0.1) is 0 Å². The second kappa shape index (κ2) is 9.01. The molecule has 3 heteroatoms. The lowest BCUT2D eigenvalue weighted by atomic mass is 9.65. The molecule has 0 aromatic rings. The van der Waals surface area contributed by atoms with Gasteiger partial charge in [0.15, 0.2) is 0 Å². The topological polar surface area (TPSA) is 27.7 Å². The first-order chi connectivity index (χ1) is 9.60. The van der Waals surface area contributed by atoms with E-state index in [0.717, 1.165) is 45.7 Å². The third kappa shape index (κ3) is 4.44. The van der Waals surface area contributed by atoms with Crippen LogP contribution in [0.2, 0.25) is 0 Å². The molecular formula is C17H34O3. The molecule has 0 aliphatic heterocycles. The van der Waals surface area contributed by atoms with Crippen molar-refractivity contribution in [1.82, 2.24) is 0 Å². The van der Waals surface area contributed by atoms with E-state index >= 15 is 0 Å². The highest BCUT2D eigenvalue weighted by Crippen LogP contribution is 2.45. The minimum Gasteiger partial charge on any atom is -0.381 e. The van der Waals surface area contributed by atoms with Gasteiger partial charge >= 0.3 is 0 Å². The van der Waals surface area contributed by atoms with Crippen molar-refractivity contribution < 1.29 is 14.2 Å². The van der Waals surface area contributed by atoms with Crippen LogP contribution < -0.4 is 0 Å². The van der Waals surface area contributed by atoms with Gasteiger partial charge in [0.1, 0.15) is 0 Å². The lowest BCUT2D eigenvalue weighted by molar-refractivity contribution is -0.180. The highest BCUT2D eigenvalue weighted by molar-refractivity contribution is 4.98. The van der Waals surface area contributed by atoms with E-state index < -0.39 is 0 Å². The van der Waals surface area contributed by atoms with Crippen LogP contribution in [0.4, 0.5) is 0 Å². The first-order valence-electron chi connectivity index (χ1n) is 8.41. The lowest BCUT2D eigenvalue weighted by Crippen LogP contribution is -2.54. The van der Waals surface area contributed by atoms with Gasteiger partial charge in [-0.1, -0.05) is 13.8 Å². The average molecular weight is 286 g/mol. The molecule has 0 aromatic heterocycles. The van der Waals surface area contributed by atoms with E-state index in [1.165, 1.54) is 6.42 Å². The van der Waals surface area contributed by atoms with Crippen molar-refractivity contribution in [3.63, 3.8) is 0 Å². The molecule has 20 heavy (non-hydrogen) atoms. The Morgan fingerprint density at radius 2 is 1.50 bits per heavy atom. The van der Waals surface area contributed by atoms with Crippen LogP contribution in [0.15, 0.2) is 0 Å². The Hall–Kier alpha value is -0.120. The highest BCUT2D eigenvalue weighted by Gasteiger charge is 2.49. The molecule has 1 aliphatic carbocycles. The van der Waals surface area contributed by atoms with Crippen LogP contribution in [0.3, 0.4) is 0 Å². The van der Waals surface area contributed by atoms with E-state index in [4.69, 9.17) is 14.2 Å². The zero-order valence-electron chi connectivity index (χ0n) is 14.1. The molecule has 0 amide bonds. The Bertz CT molecular complexity index is 235. The molecule has 2 atom stereocenters. The molecular weight excluding hydrogens is 252 g/mol. The maximum Gasteiger partial charge on any atom is 0.0678 e. The maximum absolute atomic E-state index is 6.11. The summed E-state index contributed by atoms with van der Waals surface area (Å²) in [6.07, 6.45) is 5.12. The second-order valence-electron chi connectivity index (χ2n) is 6.29. The van der Waals surface area contributed by atoms with Crippen LogP contribution in [0.25, 0.3) is 0 Å². The Kier molecular flexibility index (Phi) is 8.08. The average Bonchev–Trinajstić information content (AvgIpc) is 2.40. The van der Waals surface area contributed by atoms with Crippen molar-refractivity contribution in [3.8, 4) is 0 Å². The van der Waals surface area contributed by atoms with E-state index in [2.05, 4.69) is 34.6 Å². The predicted molar refractivity (Wildman–Crippen MR) is 83.1 cm³/mol. The molecule has 0 heterocycles. The fraction of sp³-hybridized carbons (Fsp3) is 1.00. The van der Waals surface area contributed by atoms with Gasteiger partial charge in [0, 0.05) is 25.2 Å². The monoisotopic (exact) mass is 286 g/mol. The van der Waals surface area contributed by atoms with E-state index in [-0.39, 0.29) is 17.6 Å². The number of hydrogen-bond acceptors (Lipinski definition) is 3. The predicted octanol–water partition coefficient (Wildman–Crippen LogP) is 4.05. The Labute approximate surface area is 125 Å². The van der Waals surface area contributed by atoms with Crippen LogP contribution in [0, 0.1) is 11.3 Å². The first kappa shape index (κ1) is 17.9. The fourth-order valence-corrected chi connectivity index (χ4v) is 3.73. The quantitative estimate of drug-likeness (QED) is 0.640. The number of ether oxygens (including phenoxy) is 3. The van der Waals surface area contributed by atoms with Crippen LogP contribution in [-0.4, -0.2) is 38.6 Å². The van der Waals surface area contributed by atoms with Crippen LogP contribution in [-0.2, 0) is 14.2 Å². The Morgan fingerprint density at radius 3 is 1.90 bits per heavy atom. The molecule has 0 radical (unpaired) electrons. The van der Waals surface area contributed by atoms with Crippen molar-refractivity contribution in [3.05, 3.63) is 0 Å². The third-order valence-corrected chi connectivity index (χ3v) is 4.31. The summed E-state index contributed by atoms with van der Waals surface area (Å²) in [5.74, 6) is 0.625. The molecule has 1 aliphatic rings. The summed E-state index contributed by atoms with van der Waals surface area (Å²) in [6, 6.07) is 0. The van der Waals surface area contributed by atoms with Gasteiger partial charge < -0.3 is 14.2 Å². The normalized spacial score (nSPS) is 30.9. The summed E-state index contributed by atoms with van der Waals surface area (Å²) in [4.78, 5) is 0. The van der Waals surface area contributed by atoms with Crippen LogP contribution in [0.1, 0.15) is 60.3 Å². The highest BCUT2D eigenvalue weighted by atomic mass is 16.5. The van der Waals surface area contributed by atoms with Gasteiger partial charge in [-0.05, 0) is 52.4 Å². The molecule has 3 nitrogen and oxygen atoms in total. The third-order valence-electron chi connectivity index (χ3n) is 4.31. The van der Waals surface area contributed by atoms with Gasteiger partial charge in [0.2, 0.25) is 0 Å². The van der Waals surface area contributed by atoms with E-state index in [1.807, 2.05) is 0 Å². The zero-order valence-corrected chi connectivity index (χ0v) is 14.1. The smallest absolute Gasteiger partial charge is 0.0678 e. The molecule has 0 aromatic carbocycles. The molecule has 0 bridgehead atoms. The van der Waals surface area contributed by atoms with Crippen molar-refractivity contribution in [2.45, 2.75) is 72.5 Å². The largest absolute Gasteiger partial charge is 0.381 e. The number of rotatable bonds is 9. The van der Waals surface area contributed by atoms with Crippen molar-refractivity contribution in [1.29, 1.82) is 0 Å². The molecule has 2 unspecified atom stereocenters. The molecule has 1 saturated carbocycles. The summed E-state index contributed by atoms with van der Waals surface area (Å²) in [6.45, 7) is 13.9. The summed E-state index contributed by atoms with van der Waals surface area (Å²) in [5, 5.41) is 0. The SMILES string of the molecule is CCOCC1(CC(C)C)C(OCC)CCCC1OCC. The van der Waals surface area contributed by atoms with Gasteiger partial charge in [0.05, 0.1) is 18.8 Å². The minimum atomic E-state index is 0.0223. The summed E-state index contributed by atoms with van der Waals surface area (Å²) in [5.41, 5.74) is 0.0223. The van der Waals surface area contributed by atoms with Crippen LogP contribution >= 0.6 is 0 Å². The minimum absolute atomic E-state index is 0.0223. The fourth-order valence-electron chi connectivity index (χ4n) is 3.73. The molecule has 0 spiro atoms. The van der Waals surface area contributed by atoms with Gasteiger partial charge in [-0.25, -0.2) is 0 Å². The van der Waals surface area contributed by atoms with Crippen molar-refractivity contribution >= 4 is 0 Å². The molecule has 0 saturated heterocycles. The second-order valence-corrected chi connectivity index (χ2v) is 6.29. The van der Waals surface area contributed by atoms with E-state index in [1.54, 1.807) is 0 Å². The van der Waals surface area contributed by atoms with Gasteiger partial charge in [0.25, 0.3) is 0 Å². The molecule has 120 valence electrons. The first-order valence-corrected chi connectivity index (χ1v) is 8.41. The standard InChI is InChI=1S/C17H34O3/c1-6-18-13-17(12-14(4)5)15(19-7-2)10-9-11-16(17)20-8-3/h14-16H,6-13H2,1-5H3. The maximum atomic E-state index is 6.11. The Morgan fingerprint density at radius 1 is 0.950 bits per heavy atom. The summed E-state index contributed by atoms with van der Waals surface area (Å²) < 4.78 is 18.1. The van der Waals surface area contributed by atoms with E-state index in [9.17, 15) is 0 Å². The molecule has 0 N–H and O–H groups in total. The van der Waals surface area contributed by atoms with E-state index in [0.29, 0.717) is 5.92 Å². The zero-order chi connectivity index (χ0) is 15.0. The summed E-state index contributed by atoms with van der Waals surface area (Å²) in [7, 11) is 0. The lowest BCUT2D eigenvalue weighted by Gasteiger charge is -2.49. The molecule has 1 fully saturated rings. The van der Waals surface area contributed by atoms with Gasteiger partial charge in [-0.3, -0.25) is 0 Å². The summed E-state index contributed by atoms with van der Waals surface area (Å²) >= 11 is 0. The Balaban J connectivity index is 2.99. The van der Waals surface area contributed by atoms with Crippen LogP contribution in [0.5, 0.6) is 0 Å². The van der Waals surface area contributed by atoms with Crippen molar-refractivity contribution in [2.75, 3.05) is 26.4 Å².